The highest BCUT2D eigenvalue weighted by molar-refractivity contribution is 6.12. The average Bonchev–Trinajstić information content (AvgIpc) is 3.67. The van der Waals surface area contributed by atoms with Crippen LogP contribution >= 0.6 is 0 Å². The first-order chi connectivity index (χ1) is 25.0. The second-order valence-corrected chi connectivity index (χ2v) is 14.3. The molecule has 0 fully saturated rings. The van der Waals surface area contributed by atoms with Crippen LogP contribution in [-0.4, -0.2) is 4.98 Å². The van der Waals surface area contributed by atoms with Crippen molar-refractivity contribution in [2.24, 2.45) is 0 Å². The van der Waals surface area contributed by atoms with Gasteiger partial charge in [0.15, 0.2) is 0 Å². The Morgan fingerprint density at radius 1 is 0.412 bits per heavy atom. The summed E-state index contributed by atoms with van der Waals surface area (Å²) in [5.41, 5.74) is 15.9. The summed E-state index contributed by atoms with van der Waals surface area (Å²) in [6.07, 6.45) is 0. The first kappa shape index (κ1) is 29.5. The van der Waals surface area contributed by atoms with E-state index in [1.165, 1.54) is 77.1 Å². The second-order valence-electron chi connectivity index (χ2n) is 14.3. The van der Waals surface area contributed by atoms with Crippen LogP contribution in [0.15, 0.2) is 176 Å². The minimum Gasteiger partial charge on any atom is -0.354 e. The van der Waals surface area contributed by atoms with Crippen LogP contribution in [0, 0.1) is 0 Å². The van der Waals surface area contributed by atoms with Gasteiger partial charge in [-0.3, -0.25) is 0 Å². The maximum absolute atomic E-state index is 3.72. The van der Waals surface area contributed by atoms with Crippen molar-refractivity contribution in [2.75, 3.05) is 4.90 Å². The third-order valence-corrected chi connectivity index (χ3v) is 11.0. The van der Waals surface area contributed by atoms with Crippen molar-refractivity contribution in [1.82, 2.24) is 4.98 Å². The molecule has 10 rings (SSSR count). The van der Waals surface area contributed by atoms with E-state index in [9.17, 15) is 0 Å². The number of nitrogens with one attached hydrogen (secondary N) is 1. The van der Waals surface area contributed by atoms with Gasteiger partial charge in [-0.1, -0.05) is 141 Å². The maximum atomic E-state index is 3.72. The van der Waals surface area contributed by atoms with Gasteiger partial charge >= 0.3 is 0 Å². The second kappa shape index (κ2) is 11.3. The molecule has 0 saturated carbocycles. The minimum absolute atomic E-state index is 0.183. The predicted molar refractivity (Wildman–Crippen MR) is 216 cm³/mol. The van der Waals surface area contributed by atoms with Crippen molar-refractivity contribution in [3.8, 4) is 33.4 Å². The Kier molecular flexibility index (Phi) is 6.56. The molecule has 1 N–H and O–H groups in total. The monoisotopic (exact) mass is 652 g/mol. The minimum atomic E-state index is -0.183. The lowest BCUT2D eigenvalue weighted by Crippen LogP contribution is -2.16. The van der Waals surface area contributed by atoms with Crippen LogP contribution in [0.4, 0.5) is 17.1 Å². The fraction of sp³-hybridized carbons (Fsp3) is 0.0612. The van der Waals surface area contributed by atoms with Crippen molar-refractivity contribution in [1.29, 1.82) is 0 Å². The van der Waals surface area contributed by atoms with Gasteiger partial charge in [0.2, 0.25) is 0 Å². The summed E-state index contributed by atoms with van der Waals surface area (Å²) in [6, 6.07) is 64.3. The zero-order chi connectivity index (χ0) is 34.1. The summed E-state index contributed by atoms with van der Waals surface area (Å²) < 4.78 is 0. The smallest absolute Gasteiger partial charge is 0.0544 e. The number of fused-ring (bicyclic) bond motifs is 7. The van der Waals surface area contributed by atoms with Crippen LogP contribution in [0.25, 0.3) is 66.0 Å². The third-order valence-electron chi connectivity index (χ3n) is 11.0. The number of anilines is 3. The zero-order valence-corrected chi connectivity index (χ0v) is 28.7. The number of aromatic amines is 1. The van der Waals surface area contributed by atoms with Crippen LogP contribution in [0.3, 0.4) is 0 Å². The Labute approximate surface area is 298 Å². The van der Waals surface area contributed by atoms with Gasteiger partial charge < -0.3 is 9.88 Å². The van der Waals surface area contributed by atoms with E-state index in [0.717, 1.165) is 17.1 Å². The molecule has 242 valence electrons. The summed E-state index contributed by atoms with van der Waals surface area (Å²) >= 11 is 0. The summed E-state index contributed by atoms with van der Waals surface area (Å²) in [6.45, 7) is 4.76. The fourth-order valence-electron chi connectivity index (χ4n) is 8.34. The van der Waals surface area contributed by atoms with Crippen LogP contribution in [-0.2, 0) is 5.41 Å². The first-order valence-electron chi connectivity index (χ1n) is 17.8. The van der Waals surface area contributed by atoms with Crippen LogP contribution in [0.1, 0.15) is 25.0 Å². The maximum Gasteiger partial charge on any atom is 0.0544 e. The third kappa shape index (κ3) is 4.71. The number of aromatic nitrogens is 1. The molecule has 2 nitrogen and oxygen atoms in total. The molecule has 9 aromatic rings. The van der Waals surface area contributed by atoms with Crippen molar-refractivity contribution in [3.63, 3.8) is 0 Å². The average molecular weight is 653 g/mol. The van der Waals surface area contributed by atoms with Gasteiger partial charge in [-0.25, -0.2) is 0 Å². The molecule has 0 unspecified atom stereocenters. The highest BCUT2D eigenvalue weighted by Gasteiger charge is 2.36. The van der Waals surface area contributed by atoms with E-state index in [0.29, 0.717) is 0 Å². The summed E-state index contributed by atoms with van der Waals surface area (Å²) in [5.74, 6) is 0. The molecule has 0 spiro atoms. The molecular weight excluding hydrogens is 617 g/mol. The lowest BCUT2D eigenvalue weighted by molar-refractivity contribution is 0.660. The molecule has 1 aliphatic rings. The Hall–Kier alpha value is -6.38. The molecule has 51 heavy (non-hydrogen) atoms. The van der Waals surface area contributed by atoms with Gasteiger partial charge in [-0.2, -0.15) is 0 Å². The van der Waals surface area contributed by atoms with Crippen LogP contribution in [0.2, 0.25) is 0 Å². The molecular formula is C49H36N2. The summed E-state index contributed by atoms with van der Waals surface area (Å²) in [4.78, 5) is 6.13. The van der Waals surface area contributed by atoms with E-state index in [4.69, 9.17) is 0 Å². The van der Waals surface area contributed by atoms with E-state index < -0.39 is 0 Å². The van der Waals surface area contributed by atoms with Gasteiger partial charge in [0, 0.05) is 44.3 Å². The molecule has 2 heteroatoms. The summed E-state index contributed by atoms with van der Waals surface area (Å²) in [5, 5.41) is 5.00. The summed E-state index contributed by atoms with van der Waals surface area (Å²) in [7, 11) is 0. The van der Waals surface area contributed by atoms with E-state index in [2.05, 4.69) is 200 Å². The molecule has 0 aliphatic heterocycles. The lowest BCUT2D eigenvalue weighted by Gasteiger charge is -2.28. The van der Waals surface area contributed by atoms with E-state index in [1.54, 1.807) is 0 Å². The van der Waals surface area contributed by atoms with Gasteiger partial charge in [-0.15, -0.1) is 0 Å². The zero-order valence-electron chi connectivity index (χ0n) is 28.7. The number of benzene rings is 8. The molecule has 8 aromatic carbocycles. The number of hydrogen-bond donors (Lipinski definition) is 1. The Bertz CT molecular complexity index is 2770. The quantitative estimate of drug-likeness (QED) is 0.196. The van der Waals surface area contributed by atoms with Crippen LogP contribution < -0.4 is 4.90 Å². The number of hydrogen-bond acceptors (Lipinski definition) is 1. The topological polar surface area (TPSA) is 19.0 Å². The van der Waals surface area contributed by atoms with Gasteiger partial charge in [0.1, 0.15) is 0 Å². The van der Waals surface area contributed by atoms with Crippen molar-refractivity contribution in [2.45, 2.75) is 19.3 Å². The Morgan fingerprint density at radius 2 is 1.02 bits per heavy atom. The molecule has 0 saturated heterocycles. The SMILES string of the molecule is CC1(C)c2cc(-c3cccc4c3[nH]c3ccccc34)ccc2-c2ccc(N(c3ccc(-c4ccccc4)cc3)c3ccc4ccccc4c3)cc21. The van der Waals surface area contributed by atoms with Gasteiger partial charge in [0.05, 0.1) is 5.52 Å². The van der Waals surface area contributed by atoms with E-state index in [1.807, 2.05) is 0 Å². The number of nitrogens with zero attached hydrogens (tertiary/aromatic N) is 1. The Morgan fingerprint density at radius 3 is 1.86 bits per heavy atom. The molecule has 0 atom stereocenters. The van der Waals surface area contributed by atoms with Gasteiger partial charge in [-0.05, 0) is 98.2 Å². The number of H-pyrrole nitrogens is 1. The normalized spacial score (nSPS) is 13.1. The van der Waals surface area contributed by atoms with Crippen molar-refractivity contribution in [3.05, 3.63) is 187 Å². The fourth-order valence-corrected chi connectivity index (χ4v) is 8.34. The van der Waals surface area contributed by atoms with E-state index >= 15 is 0 Å². The predicted octanol–water partition coefficient (Wildman–Crippen LogP) is 13.6. The van der Waals surface area contributed by atoms with Crippen molar-refractivity contribution < 1.29 is 0 Å². The highest BCUT2D eigenvalue weighted by Crippen LogP contribution is 2.52. The Balaban J connectivity index is 1.09. The van der Waals surface area contributed by atoms with Crippen molar-refractivity contribution >= 4 is 49.6 Å². The largest absolute Gasteiger partial charge is 0.354 e. The number of para-hydroxylation sites is 2. The standard InChI is InChI=1S/C49H36N2/c1-49(2)45-30-36(40-16-10-17-44-43-15-8-9-18-47(43)50-48(40)44)22-27-41(45)42-28-26-39(31-46(42)49)51(38-25-21-33-13-6-7-14-35(33)29-38)37-23-19-34(20-24-37)32-11-4-3-5-12-32/h3-31,50H,1-2H3. The highest BCUT2D eigenvalue weighted by atomic mass is 15.1. The molecule has 0 bridgehead atoms. The van der Waals surface area contributed by atoms with Crippen LogP contribution in [0.5, 0.6) is 0 Å². The molecule has 0 amide bonds. The van der Waals surface area contributed by atoms with Gasteiger partial charge in [0.25, 0.3) is 0 Å². The molecule has 1 aliphatic carbocycles. The molecule has 1 aromatic heterocycles. The molecule has 0 radical (unpaired) electrons. The molecule has 1 heterocycles. The first-order valence-corrected chi connectivity index (χ1v) is 17.8. The van der Waals surface area contributed by atoms with E-state index in [-0.39, 0.29) is 5.41 Å². The lowest BCUT2D eigenvalue weighted by atomic mass is 9.81. The number of rotatable bonds is 5.